The Bertz CT molecular complexity index is 645. The Balaban J connectivity index is 2.31. The molecule has 0 unspecified atom stereocenters. The summed E-state index contributed by atoms with van der Waals surface area (Å²) < 4.78 is 13.6. The van der Waals surface area contributed by atoms with Crippen LogP contribution in [-0.4, -0.2) is 15.2 Å². The van der Waals surface area contributed by atoms with E-state index in [0.717, 1.165) is 10.9 Å². The maximum atomic E-state index is 13.6. The van der Waals surface area contributed by atoms with Crippen molar-refractivity contribution in [3.05, 3.63) is 48.5 Å². The number of pyridine rings is 1. The van der Waals surface area contributed by atoms with E-state index < -0.39 is 0 Å². The minimum absolute atomic E-state index is 0.278. The molecule has 0 saturated heterocycles. The zero-order valence-electron chi connectivity index (χ0n) is 8.31. The maximum absolute atomic E-state index is 13.6. The second-order valence-electron chi connectivity index (χ2n) is 3.47. The SMILES string of the molecule is Fc1ccccc1-c1n[nH]c2ccncc12. The van der Waals surface area contributed by atoms with Gasteiger partial charge in [-0.15, -0.1) is 0 Å². The van der Waals surface area contributed by atoms with Crippen molar-refractivity contribution in [3.8, 4) is 11.3 Å². The fourth-order valence-electron chi connectivity index (χ4n) is 1.72. The topological polar surface area (TPSA) is 41.6 Å². The van der Waals surface area contributed by atoms with Crippen LogP contribution in [0.25, 0.3) is 22.2 Å². The van der Waals surface area contributed by atoms with Gasteiger partial charge in [0, 0.05) is 23.3 Å². The second-order valence-corrected chi connectivity index (χ2v) is 3.47. The first-order chi connectivity index (χ1) is 7.86. The fourth-order valence-corrected chi connectivity index (χ4v) is 1.72. The van der Waals surface area contributed by atoms with Crippen molar-refractivity contribution in [2.45, 2.75) is 0 Å². The number of hydrogen-bond acceptors (Lipinski definition) is 2. The molecule has 2 aromatic heterocycles. The lowest BCUT2D eigenvalue weighted by molar-refractivity contribution is 0.631. The zero-order valence-corrected chi connectivity index (χ0v) is 8.31. The van der Waals surface area contributed by atoms with Crippen LogP contribution >= 0.6 is 0 Å². The summed E-state index contributed by atoms with van der Waals surface area (Å²) >= 11 is 0. The Hall–Kier alpha value is -2.23. The summed E-state index contributed by atoms with van der Waals surface area (Å²) in [5.41, 5.74) is 1.94. The number of rotatable bonds is 1. The minimum atomic E-state index is -0.278. The van der Waals surface area contributed by atoms with Crippen molar-refractivity contribution in [3.63, 3.8) is 0 Å². The predicted octanol–water partition coefficient (Wildman–Crippen LogP) is 2.76. The van der Waals surface area contributed by atoms with E-state index in [1.165, 1.54) is 6.07 Å². The van der Waals surface area contributed by atoms with Gasteiger partial charge in [0.1, 0.15) is 11.5 Å². The molecular formula is C12H8FN3. The van der Waals surface area contributed by atoms with Crippen molar-refractivity contribution in [1.29, 1.82) is 0 Å². The van der Waals surface area contributed by atoms with Gasteiger partial charge in [-0.05, 0) is 18.2 Å². The van der Waals surface area contributed by atoms with Crippen LogP contribution in [0, 0.1) is 5.82 Å². The monoisotopic (exact) mass is 213 g/mol. The van der Waals surface area contributed by atoms with Crippen molar-refractivity contribution in [2.75, 3.05) is 0 Å². The Morgan fingerprint density at radius 1 is 1.12 bits per heavy atom. The van der Waals surface area contributed by atoms with Crippen LogP contribution in [-0.2, 0) is 0 Å². The van der Waals surface area contributed by atoms with Crippen molar-refractivity contribution >= 4 is 10.9 Å². The van der Waals surface area contributed by atoms with Gasteiger partial charge in [-0.1, -0.05) is 12.1 Å². The number of aromatic amines is 1. The van der Waals surface area contributed by atoms with Crippen LogP contribution in [0.4, 0.5) is 4.39 Å². The molecule has 0 radical (unpaired) electrons. The van der Waals surface area contributed by atoms with Crippen LogP contribution in [0.1, 0.15) is 0 Å². The van der Waals surface area contributed by atoms with E-state index in [1.807, 2.05) is 6.07 Å². The highest BCUT2D eigenvalue weighted by atomic mass is 19.1. The lowest BCUT2D eigenvalue weighted by Gasteiger charge is -1.98. The quantitative estimate of drug-likeness (QED) is 0.675. The Morgan fingerprint density at radius 2 is 2.00 bits per heavy atom. The normalized spacial score (nSPS) is 10.8. The van der Waals surface area contributed by atoms with E-state index in [-0.39, 0.29) is 5.82 Å². The van der Waals surface area contributed by atoms with E-state index in [0.29, 0.717) is 11.3 Å². The van der Waals surface area contributed by atoms with Gasteiger partial charge >= 0.3 is 0 Å². The van der Waals surface area contributed by atoms with E-state index in [4.69, 9.17) is 0 Å². The van der Waals surface area contributed by atoms with Gasteiger partial charge in [0.25, 0.3) is 0 Å². The number of hydrogen-bond donors (Lipinski definition) is 1. The molecule has 0 fully saturated rings. The van der Waals surface area contributed by atoms with Crippen LogP contribution < -0.4 is 0 Å². The molecule has 2 heterocycles. The Kier molecular flexibility index (Phi) is 1.93. The predicted molar refractivity (Wildman–Crippen MR) is 59.3 cm³/mol. The van der Waals surface area contributed by atoms with Gasteiger partial charge in [-0.2, -0.15) is 5.10 Å². The van der Waals surface area contributed by atoms with E-state index in [1.54, 1.807) is 30.6 Å². The first-order valence-corrected chi connectivity index (χ1v) is 4.89. The summed E-state index contributed by atoms with van der Waals surface area (Å²) in [6, 6.07) is 8.39. The molecule has 0 atom stereocenters. The molecule has 0 aliphatic heterocycles. The highest BCUT2D eigenvalue weighted by molar-refractivity contribution is 5.92. The number of aromatic nitrogens is 3. The molecule has 3 rings (SSSR count). The second kappa shape index (κ2) is 3.41. The molecule has 3 aromatic rings. The summed E-state index contributed by atoms with van der Waals surface area (Å²) in [4.78, 5) is 4.02. The number of nitrogens with one attached hydrogen (secondary N) is 1. The van der Waals surface area contributed by atoms with Gasteiger partial charge in [0.2, 0.25) is 0 Å². The highest BCUT2D eigenvalue weighted by Gasteiger charge is 2.11. The van der Waals surface area contributed by atoms with Crippen molar-refractivity contribution in [2.24, 2.45) is 0 Å². The number of fused-ring (bicyclic) bond motifs is 1. The lowest BCUT2D eigenvalue weighted by Crippen LogP contribution is -1.84. The van der Waals surface area contributed by atoms with E-state index in [2.05, 4.69) is 15.2 Å². The van der Waals surface area contributed by atoms with Crippen LogP contribution in [0.15, 0.2) is 42.7 Å². The first kappa shape index (κ1) is 9.03. The highest BCUT2D eigenvalue weighted by Crippen LogP contribution is 2.27. The lowest BCUT2D eigenvalue weighted by atomic mass is 10.1. The third-order valence-corrected chi connectivity index (χ3v) is 2.49. The van der Waals surface area contributed by atoms with Crippen LogP contribution in [0.5, 0.6) is 0 Å². The molecule has 1 N–H and O–H groups in total. The van der Waals surface area contributed by atoms with Crippen molar-refractivity contribution in [1.82, 2.24) is 15.2 Å². The molecule has 0 spiro atoms. The van der Waals surface area contributed by atoms with Gasteiger partial charge < -0.3 is 0 Å². The average Bonchev–Trinajstić information content (AvgIpc) is 2.74. The zero-order chi connectivity index (χ0) is 11.0. The molecule has 16 heavy (non-hydrogen) atoms. The third kappa shape index (κ3) is 1.27. The molecule has 0 amide bonds. The Morgan fingerprint density at radius 3 is 2.88 bits per heavy atom. The molecule has 0 saturated carbocycles. The molecular weight excluding hydrogens is 205 g/mol. The first-order valence-electron chi connectivity index (χ1n) is 4.89. The van der Waals surface area contributed by atoms with Crippen LogP contribution in [0.2, 0.25) is 0 Å². The summed E-state index contributed by atoms with van der Waals surface area (Å²) in [5, 5.41) is 7.81. The van der Waals surface area contributed by atoms with E-state index in [9.17, 15) is 4.39 Å². The number of halogens is 1. The number of benzene rings is 1. The third-order valence-electron chi connectivity index (χ3n) is 2.49. The smallest absolute Gasteiger partial charge is 0.132 e. The summed E-state index contributed by atoms with van der Waals surface area (Å²) in [5.74, 6) is -0.278. The van der Waals surface area contributed by atoms with Gasteiger partial charge in [0.15, 0.2) is 0 Å². The largest absolute Gasteiger partial charge is 0.277 e. The fraction of sp³-hybridized carbons (Fsp3) is 0. The molecule has 4 heteroatoms. The van der Waals surface area contributed by atoms with Gasteiger partial charge in [-0.3, -0.25) is 10.1 Å². The molecule has 0 bridgehead atoms. The van der Waals surface area contributed by atoms with Crippen molar-refractivity contribution < 1.29 is 4.39 Å². The summed E-state index contributed by atoms with van der Waals surface area (Å²) in [6.07, 6.45) is 3.35. The average molecular weight is 213 g/mol. The molecule has 1 aromatic carbocycles. The Labute approximate surface area is 91.0 Å². The summed E-state index contributed by atoms with van der Waals surface area (Å²) in [6.45, 7) is 0. The molecule has 3 nitrogen and oxygen atoms in total. The standard InChI is InChI=1S/C12H8FN3/c13-10-4-2-1-3-8(10)12-9-7-14-6-5-11(9)15-16-12/h1-7H,(H,15,16). The summed E-state index contributed by atoms with van der Waals surface area (Å²) in [7, 11) is 0. The molecule has 0 aliphatic carbocycles. The number of nitrogens with zero attached hydrogens (tertiary/aromatic N) is 2. The molecule has 0 aliphatic rings. The number of H-pyrrole nitrogens is 1. The van der Waals surface area contributed by atoms with Crippen LogP contribution in [0.3, 0.4) is 0 Å². The minimum Gasteiger partial charge on any atom is -0.277 e. The molecule has 78 valence electrons. The van der Waals surface area contributed by atoms with E-state index >= 15 is 0 Å². The van der Waals surface area contributed by atoms with Gasteiger partial charge in [-0.25, -0.2) is 4.39 Å². The van der Waals surface area contributed by atoms with Gasteiger partial charge in [0.05, 0.1) is 5.52 Å². The maximum Gasteiger partial charge on any atom is 0.132 e.